The highest BCUT2D eigenvalue weighted by Gasteiger charge is 2.15. The van der Waals surface area contributed by atoms with Crippen molar-refractivity contribution >= 4 is 11.7 Å². The van der Waals surface area contributed by atoms with Crippen molar-refractivity contribution < 1.29 is 13.9 Å². The van der Waals surface area contributed by atoms with Crippen LogP contribution in [0.5, 0.6) is 5.75 Å². The predicted molar refractivity (Wildman–Crippen MR) is 108 cm³/mol. The summed E-state index contributed by atoms with van der Waals surface area (Å²) < 4.78 is 13.3. The van der Waals surface area contributed by atoms with Gasteiger partial charge in [0.05, 0.1) is 0 Å². The molecule has 29 heavy (non-hydrogen) atoms. The highest BCUT2D eigenvalue weighted by molar-refractivity contribution is 6.01. The molecule has 0 atom stereocenters. The van der Waals surface area contributed by atoms with Crippen LogP contribution in [0, 0.1) is 0 Å². The number of carbonyl (C=O) groups excluding carboxylic acids is 1. The summed E-state index contributed by atoms with van der Waals surface area (Å²) in [5.74, 6) is 1.18. The Morgan fingerprint density at radius 3 is 2.41 bits per heavy atom. The maximum atomic E-state index is 12.4. The van der Waals surface area contributed by atoms with Gasteiger partial charge in [0.25, 0.3) is 11.5 Å². The molecule has 152 valence electrons. The maximum Gasteiger partial charge on any atom is 0.332 e. The van der Waals surface area contributed by atoms with Crippen molar-refractivity contribution in [3.8, 4) is 5.75 Å². The van der Waals surface area contributed by atoms with E-state index in [2.05, 4.69) is 19.2 Å². The molecule has 1 N–H and O–H groups in total. The molecular weight excluding hydrogens is 374 g/mol. The second-order valence-electron chi connectivity index (χ2n) is 7.00. The van der Waals surface area contributed by atoms with Crippen LogP contribution in [0.25, 0.3) is 0 Å². The molecule has 3 aromatic rings. The van der Waals surface area contributed by atoms with Crippen molar-refractivity contribution in [1.82, 2.24) is 9.13 Å². The molecular formula is C21H23N3O5. The number of nitrogens with zero attached hydrogens (tertiary/aromatic N) is 2. The highest BCUT2D eigenvalue weighted by atomic mass is 16.5. The van der Waals surface area contributed by atoms with Gasteiger partial charge in [-0.15, -0.1) is 0 Å². The number of ether oxygens (including phenoxy) is 1. The highest BCUT2D eigenvalue weighted by Crippen LogP contribution is 2.20. The topological polar surface area (TPSA) is 95.5 Å². The Balaban J connectivity index is 1.66. The summed E-state index contributed by atoms with van der Waals surface area (Å²) in [4.78, 5) is 36.1. The Morgan fingerprint density at radius 1 is 1.07 bits per heavy atom. The van der Waals surface area contributed by atoms with Crippen LogP contribution in [0.4, 0.5) is 5.82 Å². The zero-order valence-electron chi connectivity index (χ0n) is 16.8. The Morgan fingerprint density at radius 2 is 1.76 bits per heavy atom. The van der Waals surface area contributed by atoms with Gasteiger partial charge in [0, 0.05) is 20.2 Å². The first-order chi connectivity index (χ1) is 13.8. The van der Waals surface area contributed by atoms with Crippen LogP contribution in [0.1, 0.15) is 41.6 Å². The lowest BCUT2D eigenvalue weighted by Crippen LogP contribution is -2.38. The predicted octanol–water partition coefficient (Wildman–Crippen LogP) is 2.63. The van der Waals surface area contributed by atoms with Crippen molar-refractivity contribution in [2.24, 2.45) is 14.1 Å². The first-order valence-electron chi connectivity index (χ1n) is 9.16. The van der Waals surface area contributed by atoms with E-state index in [1.807, 2.05) is 24.3 Å². The minimum absolute atomic E-state index is 0.0480. The second-order valence-corrected chi connectivity index (χ2v) is 7.00. The molecule has 0 aliphatic rings. The van der Waals surface area contributed by atoms with Crippen molar-refractivity contribution in [2.45, 2.75) is 26.4 Å². The normalized spacial score (nSPS) is 10.9. The summed E-state index contributed by atoms with van der Waals surface area (Å²) in [7, 11) is 2.83. The van der Waals surface area contributed by atoms with E-state index in [1.54, 1.807) is 6.07 Å². The number of carbonyl (C=O) groups is 1. The molecule has 0 unspecified atom stereocenters. The lowest BCUT2D eigenvalue weighted by molar-refractivity contribution is 0.0991. The molecule has 2 heterocycles. The average Bonchev–Trinajstić information content (AvgIpc) is 3.18. The summed E-state index contributed by atoms with van der Waals surface area (Å²) in [6.45, 7) is 4.41. The zero-order chi connectivity index (χ0) is 21.1. The fraction of sp³-hybridized carbons (Fsp3) is 0.286. The minimum atomic E-state index is -0.569. The van der Waals surface area contributed by atoms with Crippen molar-refractivity contribution in [3.63, 3.8) is 0 Å². The maximum absolute atomic E-state index is 12.4. The lowest BCUT2D eigenvalue weighted by Gasteiger charge is -2.09. The molecule has 1 aromatic carbocycles. The first kappa shape index (κ1) is 20.2. The van der Waals surface area contributed by atoms with Gasteiger partial charge in [-0.2, -0.15) is 0 Å². The van der Waals surface area contributed by atoms with E-state index in [9.17, 15) is 14.4 Å². The number of anilines is 1. The summed E-state index contributed by atoms with van der Waals surface area (Å²) in [5, 5.41) is 2.52. The Labute approximate surface area is 167 Å². The van der Waals surface area contributed by atoms with Gasteiger partial charge >= 0.3 is 5.69 Å². The number of hydrogen-bond acceptors (Lipinski definition) is 5. The molecule has 8 nitrogen and oxygen atoms in total. The van der Waals surface area contributed by atoms with E-state index in [-0.39, 0.29) is 18.2 Å². The zero-order valence-corrected chi connectivity index (χ0v) is 16.8. The third-order valence-electron chi connectivity index (χ3n) is 4.58. The minimum Gasteiger partial charge on any atom is -0.486 e. The Hall–Kier alpha value is -3.55. The molecule has 2 aromatic heterocycles. The molecule has 0 radical (unpaired) electrons. The number of rotatable bonds is 6. The van der Waals surface area contributed by atoms with Gasteiger partial charge in [0.1, 0.15) is 23.9 Å². The van der Waals surface area contributed by atoms with Crippen molar-refractivity contribution in [2.75, 3.05) is 5.32 Å². The molecule has 0 saturated carbocycles. The number of amides is 1. The molecule has 1 amide bonds. The van der Waals surface area contributed by atoms with Crippen LogP contribution in [-0.2, 0) is 20.7 Å². The average molecular weight is 397 g/mol. The third-order valence-corrected chi connectivity index (χ3v) is 4.58. The lowest BCUT2D eigenvalue weighted by atomic mass is 10.0. The molecule has 0 aliphatic carbocycles. The fourth-order valence-corrected chi connectivity index (χ4v) is 2.71. The summed E-state index contributed by atoms with van der Waals surface area (Å²) in [6, 6.07) is 12.1. The van der Waals surface area contributed by atoms with Gasteiger partial charge < -0.3 is 14.5 Å². The van der Waals surface area contributed by atoms with Gasteiger partial charge in [0.2, 0.25) is 0 Å². The first-order valence-corrected chi connectivity index (χ1v) is 9.16. The molecule has 0 spiro atoms. The van der Waals surface area contributed by atoms with Gasteiger partial charge in [-0.05, 0) is 35.7 Å². The Kier molecular flexibility index (Phi) is 5.72. The van der Waals surface area contributed by atoms with Crippen molar-refractivity contribution in [1.29, 1.82) is 0 Å². The number of hydrogen-bond donors (Lipinski definition) is 1. The van der Waals surface area contributed by atoms with E-state index in [0.29, 0.717) is 17.4 Å². The van der Waals surface area contributed by atoms with Gasteiger partial charge in [-0.25, -0.2) is 4.79 Å². The molecule has 0 saturated heterocycles. The van der Waals surface area contributed by atoms with Crippen LogP contribution >= 0.6 is 0 Å². The van der Waals surface area contributed by atoms with Crippen LogP contribution in [0.2, 0.25) is 0 Å². The Bertz CT molecular complexity index is 1140. The van der Waals surface area contributed by atoms with Crippen LogP contribution < -0.4 is 21.3 Å². The molecule has 0 aliphatic heterocycles. The summed E-state index contributed by atoms with van der Waals surface area (Å²) in [6.07, 6.45) is 0. The standard InChI is InChI=1S/C21H23N3O5/c1-13(2)14-5-7-15(8-6-14)28-12-16-9-10-17(29-16)20(26)22-18-11-19(25)24(4)21(27)23(18)3/h5-11,13H,12H2,1-4H3,(H,22,26). The van der Waals surface area contributed by atoms with Gasteiger partial charge in [0.15, 0.2) is 5.76 Å². The largest absolute Gasteiger partial charge is 0.486 e. The second kappa shape index (κ2) is 8.22. The van der Waals surface area contributed by atoms with Gasteiger partial charge in [-0.1, -0.05) is 26.0 Å². The summed E-state index contributed by atoms with van der Waals surface area (Å²) in [5.41, 5.74) is 0.171. The monoisotopic (exact) mass is 397 g/mol. The van der Waals surface area contributed by atoms with Gasteiger partial charge in [-0.3, -0.25) is 18.7 Å². The van der Waals surface area contributed by atoms with E-state index in [4.69, 9.17) is 9.15 Å². The smallest absolute Gasteiger partial charge is 0.332 e. The third kappa shape index (κ3) is 4.48. The number of furan rings is 1. The summed E-state index contributed by atoms with van der Waals surface area (Å²) >= 11 is 0. The molecule has 0 bridgehead atoms. The van der Waals surface area contributed by atoms with E-state index in [0.717, 1.165) is 4.57 Å². The van der Waals surface area contributed by atoms with Crippen LogP contribution in [-0.4, -0.2) is 15.0 Å². The quantitative estimate of drug-likeness (QED) is 0.690. The van der Waals surface area contributed by atoms with E-state index >= 15 is 0 Å². The number of nitrogens with one attached hydrogen (secondary N) is 1. The SMILES string of the molecule is CC(C)c1ccc(OCc2ccc(C(=O)Nc3cc(=O)n(C)c(=O)n3C)o2)cc1. The van der Waals surface area contributed by atoms with Crippen LogP contribution in [0.15, 0.2) is 56.5 Å². The fourth-order valence-electron chi connectivity index (χ4n) is 2.71. The van der Waals surface area contributed by atoms with Crippen LogP contribution in [0.3, 0.4) is 0 Å². The number of benzene rings is 1. The van der Waals surface area contributed by atoms with Crippen molar-refractivity contribution in [3.05, 3.63) is 80.4 Å². The number of aromatic nitrogens is 2. The molecule has 3 rings (SSSR count). The molecule has 0 fully saturated rings. The molecule has 8 heteroatoms. The van der Waals surface area contributed by atoms with E-state index < -0.39 is 17.2 Å². The van der Waals surface area contributed by atoms with E-state index in [1.165, 1.54) is 36.4 Å².